The summed E-state index contributed by atoms with van der Waals surface area (Å²) in [5, 5.41) is 2.89. The first kappa shape index (κ1) is 13.9. The number of hydrogen-bond donors (Lipinski definition) is 3. The minimum Gasteiger partial charge on any atom is -0.345 e. The number of nitrogens with one attached hydrogen (secondary N) is 1. The van der Waals surface area contributed by atoms with Crippen LogP contribution in [0, 0.1) is 0 Å². The monoisotopic (exact) mass is 255 g/mol. The van der Waals surface area contributed by atoms with Crippen molar-refractivity contribution in [3.8, 4) is 0 Å². The van der Waals surface area contributed by atoms with E-state index in [-0.39, 0.29) is 12.3 Å². The van der Waals surface area contributed by atoms with Crippen LogP contribution in [0.3, 0.4) is 0 Å². The van der Waals surface area contributed by atoms with Crippen LogP contribution >= 0.6 is 8.38 Å². The lowest BCUT2D eigenvalue weighted by molar-refractivity contribution is -0.123. The molecule has 1 aromatic carbocycles. The minimum absolute atomic E-state index is 0.0454. The number of hydrogen-bond acceptors (Lipinski definition) is 5. The highest BCUT2D eigenvalue weighted by molar-refractivity contribution is 7.64. The van der Waals surface area contributed by atoms with Crippen molar-refractivity contribution in [1.82, 2.24) is 5.32 Å². The lowest BCUT2D eigenvalue weighted by Crippen LogP contribution is -2.24. The van der Waals surface area contributed by atoms with Crippen molar-refractivity contribution < 1.29 is 19.4 Å². The van der Waals surface area contributed by atoms with Crippen molar-refractivity contribution in [3.63, 3.8) is 0 Å². The molecule has 5 nitrogen and oxygen atoms in total. The number of ketones is 1. The maximum atomic E-state index is 11.3. The second-order valence-electron chi connectivity index (χ2n) is 3.49. The Bertz CT molecular complexity index is 380. The highest BCUT2D eigenvalue weighted by Crippen LogP contribution is 2.25. The summed E-state index contributed by atoms with van der Waals surface area (Å²) in [7, 11) is -2.64. The normalized spacial score (nSPS) is 10.5. The van der Waals surface area contributed by atoms with Crippen molar-refractivity contribution in [2.45, 2.75) is 13.0 Å². The van der Waals surface area contributed by atoms with E-state index in [0.717, 1.165) is 5.56 Å². The first-order chi connectivity index (χ1) is 8.09. The summed E-state index contributed by atoms with van der Waals surface area (Å²) >= 11 is 0. The van der Waals surface area contributed by atoms with Crippen LogP contribution in [0.25, 0.3) is 0 Å². The van der Waals surface area contributed by atoms with Crippen LogP contribution in [0.4, 0.5) is 0 Å². The molecule has 6 heteroatoms. The first-order valence-corrected chi connectivity index (χ1v) is 6.31. The Labute approximate surface area is 100 Å². The molecule has 0 aliphatic carbocycles. The summed E-state index contributed by atoms with van der Waals surface area (Å²) in [6.45, 7) is 0.581. The third-order valence-corrected chi connectivity index (χ3v) is 2.67. The van der Waals surface area contributed by atoms with Gasteiger partial charge in [0.15, 0.2) is 5.78 Å². The van der Waals surface area contributed by atoms with Gasteiger partial charge < -0.3 is 15.1 Å². The summed E-state index contributed by atoms with van der Waals surface area (Å²) < 4.78 is 0. The maximum Gasteiger partial charge on any atom is 0.238 e. The molecule has 3 N–H and O–H groups in total. The van der Waals surface area contributed by atoms with Gasteiger partial charge in [-0.3, -0.25) is 9.59 Å². The van der Waals surface area contributed by atoms with Crippen LogP contribution in [-0.2, 0) is 16.1 Å². The van der Waals surface area contributed by atoms with Crippen LogP contribution in [-0.4, -0.2) is 27.6 Å². The summed E-state index contributed by atoms with van der Waals surface area (Å²) in [6, 6.07) is 9.53. The molecule has 0 aromatic heterocycles. The minimum atomic E-state index is -2.64. The summed E-state index contributed by atoms with van der Waals surface area (Å²) in [5.74, 6) is -0.346. The highest BCUT2D eigenvalue weighted by atomic mass is 31.2. The van der Waals surface area contributed by atoms with Gasteiger partial charge in [0.25, 0.3) is 0 Å². The predicted molar refractivity (Wildman–Crippen MR) is 64.1 cm³/mol. The molecule has 0 spiro atoms. The second-order valence-corrected chi connectivity index (χ2v) is 4.57. The van der Waals surface area contributed by atoms with Crippen molar-refractivity contribution in [2.75, 3.05) is 6.54 Å². The molecule has 0 fully saturated rings. The standard InChI is InChI=1S/C11H14NO4P/c13-10(6-11(14)17(15)16)8-12-7-9-4-2-1-3-5-9/h1-5,12,15-16H,6-8H2. The molecule has 92 valence electrons. The van der Waals surface area contributed by atoms with Gasteiger partial charge in [-0.25, -0.2) is 0 Å². The van der Waals surface area contributed by atoms with E-state index in [9.17, 15) is 9.59 Å². The fourth-order valence-corrected chi connectivity index (χ4v) is 1.56. The highest BCUT2D eigenvalue weighted by Gasteiger charge is 2.16. The average Bonchev–Trinajstić information content (AvgIpc) is 2.30. The Hall–Kier alpha value is -1.13. The zero-order chi connectivity index (χ0) is 12.7. The van der Waals surface area contributed by atoms with E-state index in [1.807, 2.05) is 30.3 Å². The molecule has 1 aromatic rings. The van der Waals surface area contributed by atoms with Gasteiger partial charge in [-0.15, -0.1) is 0 Å². The van der Waals surface area contributed by atoms with Crippen LogP contribution in [0.15, 0.2) is 30.3 Å². The van der Waals surface area contributed by atoms with Crippen LogP contribution in [0.1, 0.15) is 12.0 Å². The molecule has 17 heavy (non-hydrogen) atoms. The Morgan fingerprint density at radius 2 is 1.82 bits per heavy atom. The molecule has 0 unspecified atom stereocenters. The summed E-state index contributed by atoms with van der Waals surface area (Å²) in [6.07, 6.45) is -0.430. The van der Waals surface area contributed by atoms with Gasteiger partial charge in [-0.05, 0) is 5.56 Å². The number of Topliss-reactive ketones (excluding diaryl/α,β-unsaturated/α-hetero) is 1. The third kappa shape index (κ3) is 5.65. The van der Waals surface area contributed by atoms with Crippen molar-refractivity contribution in [3.05, 3.63) is 35.9 Å². The van der Waals surface area contributed by atoms with Crippen LogP contribution < -0.4 is 5.32 Å². The van der Waals surface area contributed by atoms with Crippen molar-refractivity contribution >= 4 is 19.7 Å². The smallest absolute Gasteiger partial charge is 0.238 e. The molecule has 0 atom stereocenters. The second kappa shape index (κ2) is 7.25. The molecular formula is C11H14NO4P. The van der Waals surface area contributed by atoms with Gasteiger partial charge in [0.05, 0.1) is 13.0 Å². The Morgan fingerprint density at radius 1 is 1.18 bits per heavy atom. The largest absolute Gasteiger partial charge is 0.345 e. The topological polar surface area (TPSA) is 86.6 Å². The number of carbonyl (C=O) groups excluding carboxylic acids is 2. The van der Waals surface area contributed by atoms with E-state index >= 15 is 0 Å². The molecule has 1 rings (SSSR count). The van der Waals surface area contributed by atoms with Crippen molar-refractivity contribution in [1.29, 1.82) is 0 Å². The zero-order valence-electron chi connectivity index (χ0n) is 9.17. The Balaban J connectivity index is 2.23. The van der Waals surface area contributed by atoms with E-state index in [4.69, 9.17) is 9.79 Å². The van der Waals surface area contributed by atoms with Gasteiger partial charge in [0, 0.05) is 6.54 Å². The lowest BCUT2D eigenvalue weighted by atomic mass is 10.2. The van der Waals surface area contributed by atoms with E-state index in [1.54, 1.807) is 0 Å². The summed E-state index contributed by atoms with van der Waals surface area (Å²) in [4.78, 5) is 39.3. The fourth-order valence-electron chi connectivity index (χ4n) is 1.24. The zero-order valence-corrected chi connectivity index (χ0v) is 10.1. The fraction of sp³-hybridized carbons (Fsp3) is 0.273. The molecule has 0 saturated heterocycles. The first-order valence-electron chi connectivity index (χ1n) is 5.06. The average molecular weight is 255 g/mol. The lowest BCUT2D eigenvalue weighted by Gasteiger charge is -2.04. The predicted octanol–water partition coefficient (Wildman–Crippen LogP) is 0.558. The molecule has 0 amide bonds. The van der Waals surface area contributed by atoms with Gasteiger partial charge in [0.1, 0.15) is 0 Å². The third-order valence-electron chi connectivity index (χ3n) is 2.07. The van der Waals surface area contributed by atoms with Crippen molar-refractivity contribution in [2.24, 2.45) is 0 Å². The van der Waals surface area contributed by atoms with Gasteiger partial charge >= 0.3 is 0 Å². The van der Waals surface area contributed by atoms with E-state index in [0.29, 0.717) is 6.54 Å². The van der Waals surface area contributed by atoms with Gasteiger partial charge in [-0.2, -0.15) is 0 Å². The van der Waals surface area contributed by atoms with Crippen LogP contribution in [0.5, 0.6) is 0 Å². The molecule has 0 aliphatic heterocycles. The Kier molecular flexibility index (Phi) is 5.94. The van der Waals surface area contributed by atoms with E-state index in [1.165, 1.54) is 0 Å². The van der Waals surface area contributed by atoms with E-state index < -0.39 is 20.3 Å². The van der Waals surface area contributed by atoms with Gasteiger partial charge in [0.2, 0.25) is 13.9 Å². The molecule has 0 saturated carbocycles. The Morgan fingerprint density at radius 3 is 2.41 bits per heavy atom. The molecule has 0 heterocycles. The van der Waals surface area contributed by atoms with Crippen LogP contribution in [0.2, 0.25) is 0 Å². The van der Waals surface area contributed by atoms with Gasteiger partial charge in [-0.1, -0.05) is 30.3 Å². The number of rotatable bonds is 7. The maximum absolute atomic E-state index is 11.3. The molecule has 0 bridgehead atoms. The molecular weight excluding hydrogens is 241 g/mol. The number of carbonyl (C=O) groups is 2. The molecule has 0 radical (unpaired) electrons. The SMILES string of the molecule is O=C(CNCc1ccccc1)CC(=O)P(O)O. The quantitative estimate of drug-likeness (QED) is 0.489. The van der Waals surface area contributed by atoms with E-state index in [2.05, 4.69) is 5.32 Å². The number of benzene rings is 1. The molecule has 0 aliphatic rings. The summed E-state index contributed by atoms with van der Waals surface area (Å²) in [5.41, 5.74) is 0.227.